The minimum atomic E-state index is -0.808. The molecule has 198 valence electrons. The van der Waals surface area contributed by atoms with E-state index in [1.807, 2.05) is 92.7 Å². The van der Waals surface area contributed by atoms with Gasteiger partial charge in [-0.3, -0.25) is 4.90 Å². The summed E-state index contributed by atoms with van der Waals surface area (Å²) >= 11 is 0. The Morgan fingerprint density at radius 1 is 0.744 bits per heavy atom. The van der Waals surface area contributed by atoms with E-state index in [0.29, 0.717) is 13.0 Å². The van der Waals surface area contributed by atoms with Gasteiger partial charge in [-0.05, 0) is 47.2 Å². The second kappa shape index (κ2) is 12.0. The van der Waals surface area contributed by atoms with E-state index in [2.05, 4.69) is 24.3 Å². The Hall–Kier alpha value is -4.38. The molecule has 39 heavy (non-hydrogen) atoms. The van der Waals surface area contributed by atoms with Crippen LogP contribution in [0.15, 0.2) is 103 Å². The summed E-state index contributed by atoms with van der Waals surface area (Å²) in [5.41, 5.74) is 7.61. The minimum absolute atomic E-state index is 0.0550. The molecule has 0 fully saturated rings. The van der Waals surface area contributed by atoms with Crippen molar-refractivity contribution in [2.24, 2.45) is 0 Å². The smallest absolute Gasteiger partial charge is 0.410 e. The Kier molecular flexibility index (Phi) is 8.07. The number of benzene rings is 4. The van der Waals surface area contributed by atoms with Gasteiger partial charge in [0.15, 0.2) is 0 Å². The summed E-state index contributed by atoms with van der Waals surface area (Å²) in [5.74, 6) is -0.504. The van der Waals surface area contributed by atoms with Crippen LogP contribution in [-0.2, 0) is 27.3 Å². The maximum atomic E-state index is 13.5. The average molecular weight is 520 g/mol. The van der Waals surface area contributed by atoms with Gasteiger partial charge in [-0.15, -0.1) is 0 Å². The number of ether oxygens (including phenoxy) is 2. The second-order valence-electron chi connectivity index (χ2n) is 9.89. The van der Waals surface area contributed by atoms with Gasteiger partial charge in [0.1, 0.15) is 19.3 Å². The van der Waals surface area contributed by atoms with Crippen LogP contribution in [0.25, 0.3) is 11.1 Å². The fraction of sp³-hybridized carbons (Fsp3) is 0.235. The lowest BCUT2D eigenvalue weighted by molar-refractivity contribution is -0.150. The van der Waals surface area contributed by atoms with E-state index in [1.165, 1.54) is 16.0 Å². The number of nitrogens with zero attached hydrogens (tertiary/aromatic N) is 1. The molecule has 1 unspecified atom stereocenters. The molecule has 1 amide bonds. The first-order valence-electron chi connectivity index (χ1n) is 13.4. The van der Waals surface area contributed by atoms with Crippen molar-refractivity contribution in [1.82, 2.24) is 4.90 Å². The van der Waals surface area contributed by atoms with E-state index in [0.717, 1.165) is 27.8 Å². The first kappa shape index (κ1) is 26.2. The lowest BCUT2D eigenvalue weighted by Crippen LogP contribution is -2.47. The van der Waals surface area contributed by atoms with Crippen LogP contribution in [0.1, 0.15) is 40.7 Å². The number of hydrogen-bond acceptors (Lipinski definition) is 4. The number of amides is 1. The monoisotopic (exact) mass is 519 g/mol. The van der Waals surface area contributed by atoms with Gasteiger partial charge in [-0.25, -0.2) is 9.59 Å². The molecule has 0 heterocycles. The van der Waals surface area contributed by atoms with Gasteiger partial charge >= 0.3 is 12.1 Å². The molecule has 0 bridgehead atoms. The molecule has 5 nitrogen and oxygen atoms in total. The molecular formula is C34H33NO4. The van der Waals surface area contributed by atoms with Crippen molar-refractivity contribution < 1.29 is 19.1 Å². The average Bonchev–Trinajstić information content (AvgIpc) is 3.30. The molecule has 1 atom stereocenters. The highest BCUT2D eigenvalue weighted by Crippen LogP contribution is 2.44. The van der Waals surface area contributed by atoms with Gasteiger partial charge in [0, 0.05) is 18.9 Å². The Labute approximate surface area is 230 Å². The molecule has 5 rings (SSSR count). The highest BCUT2D eigenvalue weighted by Gasteiger charge is 2.34. The van der Waals surface area contributed by atoms with Crippen molar-refractivity contribution in [3.05, 3.63) is 131 Å². The molecule has 4 aromatic rings. The van der Waals surface area contributed by atoms with Gasteiger partial charge in [-0.1, -0.05) is 109 Å². The van der Waals surface area contributed by atoms with Gasteiger partial charge in [0.25, 0.3) is 0 Å². The quantitative estimate of drug-likeness (QED) is 0.225. The van der Waals surface area contributed by atoms with E-state index in [-0.39, 0.29) is 19.1 Å². The number of fused-ring (bicyclic) bond motifs is 3. The Morgan fingerprint density at radius 3 is 1.95 bits per heavy atom. The Bertz CT molecular complexity index is 1390. The van der Waals surface area contributed by atoms with Crippen LogP contribution in [0.4, 0.5) is 4.79 Å². The first-order chi connectivity index (χ1) is 19.0. The van der Waals surface area contributed by atoms with Crippen molar-refractivity contribution >= 4 is 12.1 Å². The largest absolute Gasteiger partial charge is 0.459 e. The molecule has 0 radical (unpaired) electrons. The lowest BCUT2D eigenvalue weighted by atomic mass is 9.98. The van der Waals surface area contributed by atoms with Crippen molar-refractivity contribution in [2.75, 3.05) is 13.2 Å². The molecule has 0 spiro atoms. The molecule has 5 heteroatoms. The normalized spacial score (nSPS) is 12.8. The lowest BCUT2D eigenvalue weighted by Gasteiger charge is -2.29. The van der Waals surface area contributed by atoms with Crippen molar-refractivity contribution in [3.63, 3.8) is 0 Å². The topological polar surface area (TPSA) is 55.8 Å². The molecule has 4 aromatic carbocycles. The molecule has 0 aliphatic heterocycles. The number of esters is 1. The summed E-state index contributed by atoms with van der Waals surface area (Å²) in [6, 6.07) is 33.2. The van der Waals surface area contributed by atoms with Crippen molar-refractivity contribution in [3.8, 4) is 11.1 Å². The number of likely N-dealkylation sites (N-methyl/N-ethyl adjacent to an activating group) is 1. The standard InChI is InChI=1S/C34H33NO4/c1-3-35(34(37)39-23-31-29-15-9-7-13-27(29)28-14-8-10-16-30(28)31)32(21-25-19-17-24(2)18-20-25)33(36)38-22-26-11-5-4-6-12-26/h4-20,31-32H,3,21-23H2,1-2H3. The van der Waals surface area contributed by atoms with E-state index >= 15 is 0 Å². The number of carbonyl (C=O) groups is 2. The van der Waals surface area contributed by atoms with Crippen molar-refractivity contribution in [2.45, 2.75) is 38.8 Å². The van der Waals surface area contributed by atoms with Gasteiger partial charge in [0.05, 0.1) is 0 Å². The van der Waals surface area contributed by atoms with E-state index in [1.54, 1.807) is 0 Å². The van der Waals surface area contributed by atoms with Crippen LogP contribution < -0.4 is 0 Å². The Morgan fingerprint density at radius 2 is 1.33 bits per heavy atom. The third kappa shape index (κ3) is 5.88. The fourth-order valence-corrected chi connectivity index (χ4v) is 5.25. The van der Waals surface area contributed by atoms with Crippen LogP contribution in [0.3, 0.4) is 0 Å². The zero-order valence-electron chi connectivity index (χ0n) is 22.4. The van der Waals surface area contributed by atoms with Gasteiger partial charge in [-0.2, -0.15) is 0 Å². The van der Waals surface area contributed by atoms with Crippen LogP contribution in [0.5, 0.6) is 0 Å². The van der Waals surface area contributed by atoms with E-state index in [4.69, 9.17) is 9.47 Å². The zero-order valence-corrected chi connectivity index (χ0v) is 22.4. The van der Waals surface area contributed by atoms with Crippen molar-refractivity contribution in [1.29, 1.82) is 0 Å². The predicted octanol–water partition coefficient (Wildman–Crippen LogP) is 6.92. The molecule has 0 N–H and O–H groups in total. The summed E-state index contributed by atoms with van der Waals surface area (Å²) < 4.78 is 11.6. The SMILES string of the molecule is CCN(C(=O)OCC1c2ccccc2-c2ccccc21)C(Cc1ccc(C)cc1)C(=O)OCc1ccccc1. The molecule has 0 saturated heterocycles. The summed E-state index contributed by atoms with van der Waals surface area (Å²) in [4.78, 5) is 28.4. The summed E-state index contributed by atoms with van der Waals surface area (Å²) in [6.45, 7) is 4.53. The number of carbonyl (C=O) groups excluding carboxylic acids is 2. The molecule has 0 aromatic heterocycles. The summed E-state index contributed by atoms with van der Waals surface area (Å²) in [5, 5.41) is 0. The number of hydrogen-bond donors (Lipinski definition) is 0. The fourth-order valence-electron chi connectivity index (χ4n) is 5.25. The van der Waals surface area contributed by atoms with Crippen LogP contribution >= 0.6 is 0 Å². The zero-order chi connectivity index (χ0) is 27.2. The van der Waals surface area contributed by atoms with E-state index < -0.39 is 18.1 Å². The third-order valence-corrected chi connectivity index (χ3v) is 7.33. The first-order valence-corrected chi connectivity index (χ1v) is 13.4. The molecule has 1 aliphatic rings. The number of aryl methyl sites for hydroxylation is 1. The summed E-state index contributed by atoms with van der Waals surface area (Å²) in [6.07, 6.45) is -0.181. The molecule has 1 aliphatic carbocycles. The maximum Gasteiger partial charge on any atom is 0.410 e. The van der Waals surface area contributed by atoms with Crippen LogP contribution in [-0.4, -0.2) is 36.2 Å². The minimum Gasteiger partial charge on any atom is -0.459 e. The van der Waals surface area contributed by atoms with Gasteiger partial charge in [0.2, 0.25) is 0 Å². The van der Waals surface area contributed by atoms with Crippen LogP contribution in [0.2, 0.25) is 0 Å². The van der Waals surface area contributed by atoms with Gasteiger partial charge < -0.3 is 9.47 Å². The molecular weight excluding hydrogens is 486 g/mol. The predicted molar refractivity (Wildman–Crippen MR) is 152 cm³/mol. The molecule has 0 saturated carbocycles. The maximum absolute atomic E-state index is 13.5. The number of rotatable bonds is 9. The highest BCUT2D eigenvalue weighted by atomic mass is 16.6. The Balaban J connectivity index is 1.34. The highest BCUT2D eigenvalue weighted by molar-refractivity contribution is 5.82. The van der Waals surface area contributed by atoms with Crippen LogP contribution in [0, 0.1) is 6.92 Å². The summed E-state index contributed by atoms with van der Waals surface area (Å²) in [7, 11) is 0. The third-order valence-electron chi connectivity index (χ3n) is 7.33. The van der Waals surface area contributed by atoms with E-state index in [9.17, 15) is 9.59 Å². The second-order valence-corrected chi connectivity index (χ2v) is 9.89.